The number of hydrogen-bond donors (Lipinski definition) is 0. The van der Waals surface area contributed by atoms with Gasteiger partial charge in [0, 0.05) is 26.2 Å². The van der Waals surface area contributed by atoms with E-state index < -0.39 is 0 Å². The topological polar surface area (TPSA) is 76.4 Å². The van der Waals surface area contributed by atoms with E-state index in [4.69, 9.17) is 21.3 Å². The van der Waals surface area contributed by atoms with Gasteiger partial charge in [0.05, 0.1) is 34.0 Å². The molecule has 10 heteroatoms. The maximum absolute atomic E-state index is 13.5. The number of carbonyl (C=O) groups is 1. The molecule has 172 valence electrons. The molecule has 0 unspecified atom stereocenters. The molecule has 4 aromatic rings. The minimum Gasteiger partial charge on any atom is -0.379 e. The van der Waals surface area contributed by atoms with Gasteiger partial charge >= 0.3 is 0 Å². The van der Waals surface area contributed by atoms with Gasteiger partial charge in [-0.15, -0.1) is 5.10 Å². The molecule has 0 atom stereocenters. The van der Waals surface area contributed by atoms with Crippen molar-refractivity contribution in [3.63, 3.8) is 0 Å². The maximum atomic E-state index is 13.5. The highest BCUT2D eigenvalue weighted by atomic mass is 35.5. The number of aromatic nitrogens is 4. The summed E-state index contributed by atoms with van der Waals surface area (Å²) in [6.45, 7) is 6.96. The van der Waals surface area contributed by atoms with E-state index in [9.17, 15) is 4.79 Å². The Balaban J connectivity index is 1.41. The number of amides is 1. The molecule has 0 radical (unpaired) electrons. The predicted octanol–water partition coefficient (Wildman–Crippen LogP) is 3.76. The van der Waals surface area contributed by atoms with Crippen LogP contribution in [-0.2, 0) is 16.1 Å². The summed E-state index contributed by atoms with van der Waals surface area (Å²) in [5.74, 6) is -0.0690. The van der Waals surface area contributed by atoms with Crippen molar-refractivity contribution in [2.24, 2.45) is 0 Å². The summed E-state index contributed by atoms with van der Waals surface area (Å²) in [5.41, 5.74) is 3.49. The van der Waals surface area contributed by atoms with Crippen molar-refractivity contribution in [2.75, 3.05) is 44.3 Å². The first kappa shape index (κ1) is 22.2. The lowest BCUT2D eigenvalue weighted by atomic mass is 10.2. The first-order valence-electron chi connectivity index (χ1n) is 11.0. The Bertz CT molecular complexity index is 1240. The standard InChI is InChI=1S/C23H25ClN6O2S/c1-16-7-8-17(24)22-21(16)25-23(33-22)29(10-4-9-28-11-13-32-14-12-28)20(31)15-30-19-6-3-2-5-18(19)26-27-30/h2-3,5-8H,4,9-15H2,1H3. The van der Waals surface area contributed by atoms with Crippen molar-refractivity contribution in [1.82, 2.24) is 24.9 Å². The van der Waals surface area contributed by atoms with E-state index in [0.717, 1.165) is 66.1 Å². The predicted molar refractivity (Wildman–Crippen MR) is 131 cm³/mol. The summed E-state index contributed by atoms with van der Waals surface area (Å²) in [6.07, 6.45) is 0.840. The molecule has 1 aliphatic rings. The lowest BCUT2D eigenvalue weighted by molar-refractivity contribution is -0.119. The van der Waals surface area contributed by atoms with Crippen LogP contribution in [0.3, 0.4) is 0 Å². The first-order valence-corrected chi connectivity index (χ1v) is 12.2. The molecule has 0 saturated carbocycles. The number of nitrogens with zero attached hydrogens (tertiary/aromatic N) is 6. The van der Waals surface area contributed by atoms with E-state index in [0.29, 0.717) is 16.7 Å². The zero-order valence-corrected chi connectivity index (χ0v) is 20.0. The molecule has 0 spiro atoms. The van der Waals surface area contributed by atoms with Gasteiger partial charge in [-0.2, -0.15) is 0 Å². The van der Waals surface area contributed by atoms with Crippen LogP contribution in [-0.4, -0.2) is 70.2 Å². The average Bonchev–Trinajstić information content (AvgIpc) is 3.46. The number of aryl methyl sites for hydroxylation is 1. The van der Waals surface area contributed by atoms with Crippen molar-refractivity contribution in [3.05, 3.63) is 47.0 Å². The van der Waals surface area contributed by atoms with Gasteiger partial charge in [-0.25, -0.2) is 9.67 Å². The fourth-order valence-corrected chi connectivity index (χ4v) is 5.42. The fourth-order valence-electron chi connectivity index (χ4n) is 4.06. The SMILES string of the molecule is Cc1ccc(Cl)c2sc(N(CCCN3CCOCC3)C(=O)Cn3nnc4ccccc43)nc12. The molecule has 8 nitrogen and oxygen atoms in total. The summed E-state index contributed by atoms with van der Waals surface area (Å²) in [7, 11) is 0. The molecule has 3 heterocycles. The first-order chi connectivity index (χ1) is 16.1. The Kier molecular flexibility index (Phi) is 6.55. The van der Waals surface area contributed by atoms with Crippen LogP contribution in [0, 0.1) is 6.92 Å². The number of anilines is 1. The Morgan fingerprint density at radius 1 is 1.21 bits per heavy atom. The highest BCUT2D eigenvalue weighted by molar-refractivity contribution is 7.23. The lowest BCUT2D eigenvalue weighted by Crippen LogP contribution is -2.40. The minimum atomic E-state index is -0.0690. The van der Waals surface area contributed by atoms with E-state index in [1.165, 1.54) is 11.3 Å². The van der Waals surface area contributed by atoms with Crippen LogP contribution in [0.4, 0.5) is 5.13 Å². The second-order valence-corrected chi connectivity index (χ2v) is 9.51. The van der Waals surface area contributed by atoms with Gasteiger partial charge in [-0.1, -0.05) is 46.4 Å². The number of para-hydroxylation sites is 1. The van der Waals surface area contributed by atoms with Crippen molar-refractivity contribution >= 4 is 55.2 Å². The molecule has 5 rings (SSSR count). The van der Waals surface area contributed by atoms with Gasteiger partial charge in [0.25, 0.3) is 5.91 Å². The number of carbonyl (C=O) groups excluding carboxylic acids is 1. The van der Waals surface area contributed by atoms with Crippen molar-refractivity contribution in [2.45, 2.75) is 19.9 Å². The number of ether oxygens (including phenoxy) is 1. The molecule has 0 aliphatic carbocycles. The van der Waals surface area contributed by atoms with Crippen LogP contribution in [0.1, 0.15) is 12.0 Å². The second-order valence-electron chi connectivity index (χ2n) is 8.13. The molecule has 1 amide bonds. The highest BCUT2D eigenvalue weighted by Gasteiger charge is 2.23. The summed E-state index contributed by atoms with van der Waals surface area (Å²) >= 11 is 7.90. The number of hydrogen-bond acceptors (Lipinski definition) is 7. The number of rotatable bonds is 7. The maximum Gasteiger partial charge on any atom is 0.250 e. The third-order valence-corrected chi connectivity index (χ3v) is 7.42. The Morgan fingerprint density at radius 3 is 2.85 bits per heavy atom. The summed E-state index contributed by atoms with van der Waals surface area (Å²) in [6, 6.07) is 11.5. The Hall–Kier alpha value is -2.59. The van der Waals surface area contributed by atoms with Crippen LogP contribution in [0.2, 0.25) is 5.02 Å². The number of halogens is 1. The van der Waals surface area contributed by atoms with Gasteiger partial charge < -0.3 is 4.74 Å². The Morgan fingerprint density at radius 2 is 2.03 bits per heavy atom. The van der Waals surface area contributed by atoms with Crippen LogP contribution < -0.4 is 4.90 Å². The second kappa shape index (κ2) is 9.72. The van der Waals surface area contributed by atoms with E-state index in [1.807, 2.05) is 43.3 Å². The molecule has 1 fully saturated rings. The highest BCUT2D eigenvalue weighted by Crippen LogP contribution is 2.35. The van der Waals surface area contributed by atoms with E-state index >= 15 is 0 Å². The van der Waals surface area contributed by atoms with Crippen molar-refractivity contribution in [1.29, 1.82) is 0 Å². The van der Waals surface area contributed by atoms with Gasteiger partial charge in [0.2, 0.25) is 0 Å². The third kappa shape index (κ3) is 4.72. The number of benzene rings is 2. The minimum absolute atomic E-state index is 0.0690. The average molecular weight is 485 g/mol. The summed E-state index contributed by atoms with van der Waals surface area (Å²) < 4.78 is 8.00. The fraction of sp³-hybridized carbons (Fsp3) is 0.391. The molecule has 0 bridgehead atoms. The molecule has 33 heavy (non-hydrogen) atoms. The summed E-state index contributed by atoms with van der Waals surface area (Å²) in [4.78, 5) is 22.5. The Labute approximate surface area is 200 Å². The normalized spacial score (nSPS) is 14.8. The van der Waals surface area contributed by atoms with Gasteiger partial charge in [-0.05, 0) is 37.1 Å². The third-order valence-electron chi connectivity index (χ3n) is 5.88. The molecule has 1 saturated heterocycles. The molecule has 2 aromatic heterocycles. The molecular weight excluding hydrogens is 460 g/mol. The van der Waals surface area contributed by atoms with Crippen LogP contribution in [0.5, 0.6) is 0 Å². The van der Waals surface area contributed by atoms with E-state index in [2.05, 4.69) is 15.2 Å². The van der Waals surface area contributed by atoms with Gasteiger partial charge in [-0.3, -0.25) is 14.6 Å². The quantitative estimate of drug-likeness (QED) is 0.397. The monoisotopic (exact) mass is 484 g/mol. The largest absolute Gasteiger partial charge is 0.379 e. The lowest BCUT2D eigenvalue weighted by Gasteiger charge is -2.27. The zero-order chi connectivity index (χ0) is 22.8. The van der Waals surface area contributed by atoms with Crippen molar-refractivity contribution in [3.8, 4) is 0 Å². The smallest absolute Gasteiger partial charge is 0.250 e. The number of thiazole rings is 1. The van der Waals surface area contributed by atoms with Crippen LogP contribution in [0.15, 0.2) is 36.4 Å². The van der Waals surface area contributed by atoms with E-state index in [1.54, 1.807) is 9.58 Å². The van der Waals surface area contributed by atoms with Crippen LogP contribution >= 0.6 is 22.9 Å². The van der Waals surface area contributed by atoms with Gasteiger partial charge in [0.15, 0.2) is 5.13 Å². The van der Waals surface area contributed by atoms with Crippen LogP contribution in [0.25, 0.3) is 21.3 Å². The van der Waals surface area contributed by atoms with Gasteiger partial charge in [0.1, 0.15) is 12.1 Å². The molecular formula is C23H25ClN6O2S. The molecule has 1 aliphatic heterocycles. The number of fused-ring (bicyclic) bond motifs is 2. The molecule has 2 aromatic carbocycles. The number of morpholine rings is 1. The zero-order valence-electron chi connectivity index (χ0n) is 18.4. The summed E-state index contributed by atoms with van der Waals surface area (Å²) in [5, 5.41) is 9.69. The van der Waals surface area contributed by atoms with E-state index in [-0.39, 0.29) is 12.5 Å². The molecule has 0 N–H and O–H groups in total. The van der Waals surface area contributed by atoms with Crippen molar-refractivity contribution < 1.29 is 9.53 Å².